The Kier molecular flexibility index (Phi) is 3.94. The fraction of sp³-hybridized carbons (Fsp3) is 0. The Morgan fingerprint density at radius 1 is 1.06 bits per heavy atom. The SMILES string of the molecule is Cl.NNc1ccc2cc(S(=O)(=O)O)ccc2c1. The molecule has 0 bridgehead atoms. The van der Waals surface area contributed by atoms with E-state index in [0.717, 1.165) is 11.1 Å². The number of anilines is 1. The van der Waals surface area contributed by atoms with Gasteiger partial charge in [-0.25, -0.2) is 0 Å². The van der Waals surface area contributed by atoms with Gasteiger partial charge in [-0.3, -0.25) is 10.4 Å². The average Bonchev–Trinajstić information content (AvgIpc) is 2.26. The molecule has 17 heavy (non-hydrogen) atoms. The van der Waals surface area contributed by atoms with Crippen LogP contribution in [0.4, 0.5) is 5.69 Å². The lowest BCUT2D eigenvalue weighted by Gasteiger charge is -2.04. The largest absolute Gasteiger partial charge is 0.324 e. The molecule has 4 N–H and O–H groups in total. The van der Waals surface area contributed by atoms with Crippen LogP contribution in [-0.2, 0) is 10.1 Å². The Bertz CT molecular complexity index is 643. The van der Waals surface area contributed by atoms with Crippen LogP contribution in [0.2, 0.25) is 0 Å². The van der Waals surface area contributed by atoms with Gasteiger partial charge >= 0.3 is 0 Å². The second-order valence-electron chi connectivity index (χ2n) is 3.34. The van der Waals surface area contributed by atoms with Crippen LogP contribution in [0.15, 0.2) is 41.3 Å². The molecule has 5 nitrogen and oxygen atoms in total. The molecular formula is C10H11ClN2O3S. The molecule has 0 heterocycles. The highest BCUT2D eigenvalue weighted by molar-refractivity contribution is 7.85. The van der Waals surface area contributed by atoms with E-state index in [2.05, 4.69) is 5.43 Å². The maximum absolute atomic E-state index is 10.9. The van der Waals surface area contributed by atoms with Gasteiger partial charge in [0.25, 0.3) is 10.1 Å². The summed E-state index contributed by atoms with van der Waals surface area (Å²) in [4.78, 5) is -0.117. The van der Waals surface area contributed by atoms with E-state index in [1.54, 1.807) is 24.3 Å². The zero-order valence-corrected chi connectivity index (χ0v) is 10.3. The first kappa shape index (κ1) is 13.7. The molecular weight excluding hydrogens is 264 g/mol. The smallest absolute Gasteiger partial charge is 0.294 e. The number of halogens is 1. The van der Waals surface area contributed by atoms with E-state index in [1.165, 1.54) is 12.1 Å². The van der Waals surface area contributed by atoms with E-state index in [1.807, 2.05) is 0 Å². The van der Waals surface area contributed by atoms with Crippen molar-refractivity contribution < 1.29 is 13.0 Å². The molecule has 0 aromatic heterocycles. The topological polar surface area (TPSA) is 92.4 Å². The highest BCUT2D eigenvalue weighted by Crippen LogP contribution is 2.21. The van der Waals surface area contributed by atoms with Gasteiger partial charge < -0.3 is 5.43 Å². The quantitative estimate of drug-likeness (QED) is 0.441. The zero-order valence-electron chi connectivity index (χ0n) is 8.62. The average molecular weight is 275 g/mol. The van der Waals surface area contributed by atoms with Crippen molar-refractivity contribution >= 4 is 39.0 Å². The first-order chi connectivity index (χ1) is 7.50. The van der Waals surface area contributed by atoms with Crippen LogP contribution in [0.5, 0.6) is 0 Å². The number of fused-ring (bicyclic) bond motifs is 1. The molecule has 2 aromatic rings. The van der Waals surface area contributed by atoms with Crippen LogP contribution in [0.3, 0.4) is 0 Å². The fourth-order valence-electron chi connectivity index (χ4n) is 1.47. The fourth-order valence-corrected chi connectivity index (χ4v) is 1.99. The number of rotatable bonds is 2. The van der Waals surface area contributed by atoms with Crippen molar-refractivity contribution in [2.45, 2.75) is 4.90 Å². The highest BCUT2D eigenvalue weighted by atomic mass is 35.5. The van der Waals surface area contributed by atoms with Gasteiger partial charge in [-0.2, -0.15) is 8.42 Å². The van der Waals surface area contributed by atoms with Crippen molar-refractivity contribution in [3.8, 4) is 0 Å². The minimum atomic E-state index is -4.15. The van der Waals surface area contributed by atoms with Crippen molar-refractivity contribution in [1.29, 1.82) is 0 Å². The van der Waals surface area contributed by atoms with Crippen molar-refractivity contribution in [3.63, 3.8) is 0 Å². The normalized spacial score (nSPS) is 10.9. The minimum absolute atomic E-state index is 0. The number of nitrogens with two attached hydrogens (primary N) is 1. The second-order valence-corrected chi connectivity index (χ2v) is 4.76. The summed E-state index contributed by atoms with van der Waals surface area (Å²) < 4.78 is 30.7. The minimum Gasteiger partial charge on any atom is -0.324 e. The summed E-state index contributed by atoms with van der Waals surface area (Å²) in [5.41, 5.74) is 3.23. The molecule has 7 heteroatoms. The van der Waals surface area contributed by atoms with E-state index in [9.17, 15) is 8.42 Å². The predicted octanol–water partition coefficient (Wildman–Crippen LogP) is 1.79. The van der Waals surface area contributed by atoms with E-state index >= 15 is 0 Å². The molecule has 0 saturated heterocycles. The van der Waals surface area contributed by atoms with Gasteiger partial charge in [0.1, 0.15) is 0 Å². The standard InChI is InChI=1S/C10H10N2O3S.ClH/c11-12-9-3-1-8-6-10(16(13,14)15)4-2-7(8)5-9;/h1-6,12H,11H2,(H,13,14,15);1H. The Morgan fingerprint density at radius 3 is 2.24 bits per heavy atom. The summed E-state index contributed by atoms with van der Waals surface area (Å²) in [5, 5.41) is 1.55. The van der Waals surface area contributed by atoms with Gasteiger partial charge in [-0.1, -0.05) is 12.1 Å². The summed E-state index contributed by atoms with van der Waals surface area (Å²) in [6.07, 6.45) is 0. The van der Waals surface area contributed by atoms with Gasteiger partial charge in [0, 0.05) is 5.69 Å². The number of nitrogens with one attached hydrogen (secondary N) is 1. The number of benzene rings is 2. The van der Waals surface area contributed by atoms with E-state index in [0.29, 0.717) is 5.39 Å². The second kappa shape index (κ2) is 4.89. The first-order valence-electron chi connectivity index (χ1n) is 4.48. The molecule has 0 fully saturated rings. The summed E-state index contributed by atoms with van der Waals surface area (Å²) in [6, 6.07) is 9.58. The van der Waals surface area contributed by atoms with Crippen molar-refractivity contribution in [1.82, 2.24) is 0 Å². The molecule has 0 atom stereocenters. The van der Waals surface area contributed by atoms with E-state index in [-0.39, 0.29) is 17.3 Å². The molecule has 0 radical (unpaired) electrons. The van der Waals surface area contributed by atoms with Gasteiger partial charge in [0.15, 0.2) is 0 Å². The summed E-state index contributed by atoms with van der Waals surface area (Å²) in [6.45, 7) is 0. The van der Waals surface area contributed by atoms with Crippen molar-refractivity contribution in [2.24, 2.45) is 5.84 Å². The Balaban J connectivity index is 0.00000144. The summed E-state index contributed by atoms with van der Waals surface area (Å²) in [7, 11) is -4.15. The zero-order chi connectivity index (χ0) is 11.8. The van der Waals surface area contributed by atoms with Gasteiger partial charge in [0.05, 0.1) is 4.90 Å². The number of hydrazine groups is 1. The number of hydrogen-bond donors (Lipinski definition) is 3. The lowest BCUT2D eigenvalue weighted by atomic mass is 10.1. The maximum atomic E-state index is 10.9. The lowest BCUT2D eigenvalue weighted by Crippen LogP contribution is -2.06. The molecule has 0 aliphatic rings. The van der Waals surface area contributed by atoms with Crippen LogP contribution >= 0.6 is 12.4 Å². The Hall–Kier alpha value is -1.34. The van der Waals surface area contributed by atoms with Crippen LogP contribution < -0.4 is 11.3 Å². The molecule has 0 amide bonds. The van der Waals surface area contributed by atoms with E-state index in [4.69, 9.17) is 10.4 Å². The Morgan fingerprint density at radius 2 is 1.65 bits per heavy atom. The molecule has 92 valence electrons. The third-order valence-electron chi connectivity index (χ3n) is 2.28. The number of nitrogen functional groups attached to an aromatic ring is 1. The summed E-state index contributed by atoms with van der Waals surface area (Å²) >= 11 is 0. The van der Waals surface area contributed by atoms with Gasteiger partial charge in [-0.05, 0) is 35.0 Å². The molecule has 0 spiro atoms. The van der Waals surface area contributed by atoms with Crippen LogP contribution in [0, 0.1) is 0 Å². The van der Waals surface area contributed by atoms with Gasteiger partial charge in [-0.15, -0.1) is 12.4 Å². The van der Waals surface area contributed by atoms with Crippen LogP contribution in [0.25, 0.3) is 10.8 Å². The molecule has 2 aromatic carbocycles. The third kappa shape index (κ3) is 2.86. The molecule has 0 unspecified atom stereocenters. The van der Waals surface area contributed by atoms with Crippen molar-refractivity contribution in [2.75, 3.05) is 5.43 Å². The summed E-state index contributed by atoms with van der Waals surface area (Å²) in [5.74, 6) is 5.25. The monoisotopic (exact) mass is 274 g/mol. The predicted molar refractivity (Wildman–Crippen MR) is 68.8 cm³/mol. The third-order valence-corrected chi connectivity index (χ3v) is 3.13. The molecule has 2 rings (SSSR count). The van der Waals surface area contributed by atoms with Crippen molar-refractivity contribution in [3.05, 3.63) is 36.4 Å². The molecule has 0 aliphatic heterocycles. The Labute approximate surface area is 105 Å². The lowest BCUT2D eigenvalue weighted by molar-refractivity contribution is 0.483. The number of hydrogen-bond acceptors (Lipinski definition) is 4. The van der Waals surface area contributed by atoms with Gasteiger partial charge in [0.2, 0.25) is 0 Å². The van der Waals surface area contributed by atoms with Crippen LogP contribution in [0.1, 0.15) is 0 Å². The van der Waals surface area contributed by atoms with E-state index < -0.39 is 10.1 Å². The first-order valence-corrected chi connectivity index (χ1v) is 5.92. The highest BCUT2D eigenvalue weighted by Gasteiger charge is 2.09. The molecule has 0 saturated carbocycles. The van der Waals surface area contributed by atoms with Crippen LogP contribution in [-0.4, -0.2) is 13.0 Å². The molecule has 0 aliphatic carbocycles. The maximum Gasteiger partial charge on any atom is 0.294 e.